The first kappa shape index (κ1) is 19.8. The molecule has 0 bridgehead atoms. The van der Waals surface area contributed by atoms with Gasteiger partial charge in [-0.15, -0.1) is 0 Å². The molecular weight excluding hydrogens is 352 g/mol. The highest BCUT2D eigenvalue weighted by atomic mass is 16.6. The highest BCUT2D eigenvalue weighted by Gasteiger charge is 2.25. The molecule has 0 radical (unpaired) electrons. The van der Waals surface area contributed by atoms with Gasteiger partial charge in [0.25, 0.3) is 11.6 Å². The highest BCUT2D eigenvalue weighted by Crippen LogP contribution is 2.29. The lowest BCUT2D eigenvalue weighted by Gasteiger charge is -2.21. The van der Waals surface area contributed by atoms with E-state index in [1.54, 1.807) is 18.3 Å². The van der Waals surface area contributed by atoms with Crippen molar-refractivity contribution in [3.63, 3.8) is 0 Å². The zero-order valence-electron chi connectivity index (χ0n) is 15.1. The summed E-state index contributed by atoms with van der Waals surface area (Å²) in [7, 11) is 1.34. The molecule has 142 valence electrons. The molecule has 9 heteroatoms. The number of nitro benzene ring substituents is 1. The maximum absolute atomic E-state index is 12.4. The predicted molar refractivity (Wildman–Crippen MR) is 98.6 cm³/mol. The molecule has 2 aromatic rings. The number of pyridine rings is 1. The fourth-order valence-electron chi connectivity index (χ4n) is 2.42. The van der Waals surface area contributed by atoms with Gasteiger partial charge in [-0.1, -0.05) is 6.07 Å². The SMILES string of the molecule is CC(Nc1ccc(C(=O)N(C)C(C)C(=O)O)cc1[N+](=O)[O-])c1ccccn1. The number of nitrogens with one attached hydrogen (secondary N) is 1. The molecule has 2 atom stereocenters. The van der Waals surface area contributed by atoms with Crippen LogP contribution in [0.1, 0.15) is 35.9 Å². The number of nitrogens with zero attached hydrogens (tertiary/aromatic N) is 3. The molecule has 0 aliphatic rings. The molecule has 1 aromatic carbocycles. The third-order valence-electron chi connectivity index (χ3n) is 4.20. The number of carbonyl (C=O) groups is 2. The molecule has 1 aromatic heterocycles. The maximum Gasteiger partial charge on any atom is 0.326 e. The van der Waals surface area contributed by atoms with Crippen molar-refractivity contribution in [3.8, 4) is 0 Å². The number of benzene rings is 1. The second-order valence-corrected chi connectivity index (χ2v) is 6.04. The first-order valence-corrected chi connectivity index (χ1v) is 8.18. The molecule has 1 amide bonds. The van der Waals surface area contributed by atoms with Crippen LogP contribution < -0.4 is 5.32 Å². The van der Waals surface area contributed by atoms with E-state index in [9.17, 15) is 19.7 Å². The van der Waals surface area contributed by atoms with E-state index < -0.39 is 22.8 Å². The van der Waals surface area contributed by atoms with Crippen LogP contribution in [-0.4, -0.2) is 44.9 Å². The first-order valence-electron chi connectivity index (χ1n) is 8.18. The Kier molecular flexibility index (Phi) is 6.07. The third-order valence-corrected chi connectivity index (χ3v) is 4.20. The van der Waals surface area contributed by atoms with Gasteiger partial charge in [0, 0.05) is 24.9 Å². The molecule has 0 fully saturated rings. The standard InChI is InChI=1S/C18H20N4O5/c1-11(14-6-4-5-9-19-14)20-15-8-7-13(10-16(15)22(26)27)17(23)21(3)12(2)18(24)25/h4-12,20H,1-3H3,(H,24,25). The van der Waals surface area contributed by atoms with E-state index in [1.807, 2.05) is 13.0 Å². The Morgan fingerprint density at radius 2 is 1.96 bits per heavy atom. The van der Waals surface area contributed by atoms with Gasteiger partial charge in [0.2, 0.25) is 0 Å². The normalized spacial score (nSPS) is 12.7. The van der Waals surface area contributed by atoms with Gasteiger partial charge in [-0.2, -0.15) is 0 Å². The van der Waals surface area contributed by atoms with Gasteiger partial charge in [-0.05, 0) is 38.1 Å². The highest BCUT2D eigenvalue weighted by molar-refractivity contribution is 5.97. The Labute approximate surface area is 155 Å². The summed E-state index contributed by atoms with van der Waals surface area (Å²) >= 11 is 0. The number of nitro groups is 1. The van der Waals surface area contributed by atoms with Gasteiger partial charge in [0.15, 0.2) is 0 Å². The smallest absolute Gasteiger partial charge is 0.326 e. The van der Waals surface area contributed by atoms with E-state index >= 15 is 0 Å². The van der Waals surface area contributed by atoms with Gasteiger partial charge in [-0.3, -0.25) is 19.9 Å². The van der Waals surface area contributed by atoms with Crippen molar-refractivity contribution in [2.45, 2.75) is 25.9 Å². The number of rotatable bonds is 7. The van der Waals surface area contributed by atoms with Gasteiger partial charge in [0.05, 0.1) is 16.7 Å². The Bertz CT molecular complexity index is 856. The summed E-state index contributed by atoms with van der Waals surface area (Å²) in [4.78, 5) is 39.6. The fourth-order valence-corrected chi connectivity index (χ4v) is 2.42. The van der Waals surface area contributed by atoms with Crippen LogP contribution in [0.15, 0.2) is 42.6 Å². The number of aromatic nitrogens is 1. The number of carbonyl (C=O) groups excluding carboxylic acids is 1. The van der Waals surface area contributed by atoms with E-state index in [2.05, 4.69) is 10.3 Å². The summed E-state index contributed by atoms with van der Waals surface area (Å²) in [5.74, 6) is -1.78. The molecule has 1 heterocycles. The monoisotopic (exact) mass is 372 g/mol. The van der Waals surface area contributed by atoms with Crippen molar-refractivity contribution < 1.29 is 19.6 Å². The second kappa shape index (κ2) is 8.26. The van der Waals surface area contributed by atoms with Crippen molar-refractivity contribution in [1.29, 1.82) is 0 Å². The topological polar surface area (TPSA) is 126 Å². The maximum atomic E-state index is 12.4. The molecule has 2 N–H and O–H groups in total. The van der Waals surface area contributed by atoms with Gasteiger partial charge in [-0.25, -0.2) is 4.79 Å². The summed E-state index contributed by atoms with van der Waals surface area (Å²) < 4.78 is 0. The molecule has 0 aliphatic carbocycles. The Morgan fingerprint density at radius 1 is 1.26 bits per heavy atom. The van der Waals surface area contributed by atoms with Crippen LogP contribution in [0.3, 0.4) is 0 Å². The minimum absolute atomic E-state index is 0.0355. The summed E-state index contributed by atoms with van der Waals surface area (Å²) in [5.41, 5.74) is 0.707. The number of carboxylic acid groups (broad SMARTS) is 1. The van der Waals surface area contributed by atoms with Crippen molar-refractivity contribution in [1.82, 2.24) is 9.88 Å². The van der Waals surface area contributed by atoms with Crippen molar-refractivity contribution in [2.75, 3.05) is 12.4 Å². The van der Waals surface area contributed by atoms with Crippen LogP contribution in [-0.2, 0) is 4.79 Å². The summed E-state index contributed by atoms with van der Waals surface area (Å²) in [6, 6.07) is 8.03. The molecular formula is C18H20N4O5. The minimum Gasteiger partial charge on any atom is -0.480 e. The van der Waals surface area contributed by atoms with E-state index in [0.29, 0.717) is 5.69 Å². The number of amides is 1. The lowest BCUT2D eigenvalue weighted by atomic mass is 10.1. The molecule has 0 saturated carbocycles. The Morgan fingerprint density at radius 3 is 2.52 bits per heavy atom. The largest absolute Gasteiger partial charge is 0.480 e. The number of hydrogen-bond acceptors (Lipinski definition) is 6. The van der Waals surface area contributed by atoms with Crippen LogP contribution in [0.5, 0.6) is 0 Å². The summed E-state index contributed by atoms with van der Waals surface area (Å²) in [6.45, 7) is 3.17. The molecule has 0 aliphatic heterocycles. The first-order chi connectivity index (χ1) is 12.7. The Balaban J connectivity index is 2.30. The fraction of sp³-hybridized carbons (Fsp3) is 0.278. The second-order valence-electron chi connectivity index (χ2n) is 6.04. The molecule has 27 heavy (non-hydrogen) atoms. The number of likely N-dealkylation sites (N-methyl/N-ethyl adjacent to an activating group) is 1. The number of aliphatic carboxylic acids is 1. The van der Waals surface area contributed by atoms with Crippen LogP contribution >= 0.6 is 0 Å². The number of carboxylic acids is 1. The lowest BCUT2D eigenvalue weighted by Crippen LogP contribution is -2.40. The van der Waals surface area contributed by atoms with E-state index in [4.69, 9.17) is 5.11 Å². The number of anilines is 1. The quantitative estimate of drug-likeness (QED) is 0.565. The lowest BCUT2D eigenvalue weighted by molar-refractivity contribution is -0.384. The van der Waals surface area contributed by atoms with Crippen molar-refractivity contribution in [3.05, 3.63) is 64.0 Å². The molecule has 2 unspecified atom stereocenters. The zero-order valence-corrected chi connectivity index (χ0v) is 15.1. The minimum atomic E-state index is -1.16. The average Bonchev–Trinajstić information content (AvgIpc) is 2.66. The predicted octanol–water partition coefficient (Wildman–Crippen LogP) is 2.71. The van der Waals surface area contributed by atoms with Gasteiger partial charge in [0.1, 0.15) is 11.7 Å². The van der Waals surface area contributed by atoms with Gasteiger partial charge < -0.3 is 15.3 Å². The van der Waals surface area contributed by atoms with Crippen molar-refractivity contribution in [2.24, 2.45) is 0 Å². The van der Waals surface area contributed by atoms with Crippen LogP contribution in [0.4, 0.5) is 11.4 Å². The van der Waals surface area contributed by atoms with Crippen molar-refractivity contribution >= 4 is 23.3 Å². The van der Waals surface area contributed by atoms with E-state index in [0.717, 1.165) is 11.0 Å². The summed E-state index contributed by atoms with van der Waals surface area (Å²) in [6.07, 6.45) is 1.63. The van der Waals surface area contributed by atoms with E-state index in [-0.39, 0.29) is 23.0 Å². The average molecular weight is 372 g/mol. The molecule has 9 nitrogen and oxygen atoms in total. The third kappa shape index (κ3) is 4.57. The summed E-state index contributed by atoms with van der Waals surface area (Å²) in [5, 5.41) is 23.5. The van der Waals surface area contributed by atoms with Gasteiger partial charge >= 0.3 is 5.97 Å². The van der Waals surface area contributed by atoms with Crippen LogP contribution in [0, 0.1) is 10.1 Å². The Hall–Kier alpha value is -3.49. The zero-order chi connectivity index (χ0) is 20.1. The molecule has 0 saturated heterocycles. The number of hydrogen-bond donors (Lipinski definition) is 2. The van der Waals surface area contributed by atoms with Crippen LogP contribution in [0.25, 0.3) is 0 Å². The van der Waals surface area contributed by atoms with E-state index in [1.165, 1.54) is 26.1 Å². The van der Waals surface area contributed by atoms with Crippen LogP contribution in [0.2, 0.25) is 0 Å². The molecule has 0 spiro atoms. The molecule has 2 rings (SSSR count).